The van der Waals surface area contributed by atoms with Gasteiger partial charge in [0.2, 0.25) is 0 Å². The molecule has 2 N–H and O–H groups in total. The molecule has 1 saturated heterocycles. The van der Waals surface area contributed by atoms with Gasteiger partial charge in [0.05, 0.1) is 0 Å². The maximum atomic E-state index is 9.29. The largest absolute Gasteiger partial charge is 0.396 e. The van der Waals surface area contributed by atoms with Gasteiger partial charge in [-0.05, 0) is 37.9 Å². The number of benzene rings is 1. The van der Waals surface area contributed by atoms with Gasteiger partial charge in [-0.2, -0.15) is 0 Å². The van der Waals surface area contributed by atoms with Gasteiger partial charge in [0.1, 0.15) is 0 Å². The Labute approximate surface area is 116 Å². The van der Waals surface area contributed by atoms with Crippen LogP contribution in [-0.2, 0) is 0 Å². The summed E-state index contributed by atoms with van der Waals surface area (Å²) in [5.74, 6) is 0.437. The highest BCUT2D eigenvalue weighted by Crippen LogP contribution is 2.30. The third-order valence-electron chi connectivity index (χ3n) is 3.99. The van der Waals surface area contributed by atoms with E-state index < -0.39 is 0 Å². The third kappa shape index (κ3) is 3.48. The molecule has 1 fully saturated rings. The molecular weight excluding hydrogens is 236 g/mol. The summed E-state index contributed by atoms with van der Waals surface area (Å²) in [4.78, 5) is 2.42. The summed E-state index contributed by atoms with van der Waals surface area (Å²) >= 11 is 0. The lowest BCUT2D eigenvalue weighted by molar-refractivity contribution is 0.238. The normalized spacial score (nSPS) is 20.8. The van der Waals surface area contributed by atoms with Crippen LogP contribution in [0.4, 0.5) is 5.69 Å². The summed E-state index contributed by atoms with van der Waals surface area (Å²) in [5, 5.41) is 12.8. The summed E-state index contributed by atoms with van der Waals surface area (Å²) < 4.78 is 0. The lowest BCUT2D eigenvalue weighted by atomic mass is 10.0. The summed E-state index contributed by atoms with van der Waals surface area (Å²) in [6, 6.07) is 9.03. The first-order valence-electron chi connectivity index (χ1n) is 7.44. The molecule has 1 aromatic carbocycles. The third-order valence-corrected chi connectivity index (χ3v) is 3.99. The van der Waals surface area contributed by atoms with Crippen molar-refractivity contribution in [2.24, 2.45) is 5.92 Å². The Hall–Kier alpha value is -1.06. The molecule has 1 heterocycles. The fourth-order valence-electron chi connectivity index (χ4n) is 2.81. The maximum Gasteiger partial charge on any atom is 0.0476 e. The summed E-state index contributed by atoms with van der Waals surface area (Å²) in [6.45, 7) is 7.82. The van der Waals surface area contributed by atoms with Crippen LogP contribution >= 0.6 is 0 Å². The molecule has 3 heteroatoms. The molecule has 106 valence electrons. The average Bonchev–Trinajstić information content (AvgIpc) is 2.93. The molecule has 2 atom stereocenters. The van der Waals surface area contributed by atoms with Crippen LogP contribution < -0.4 is 10.2 Å². The zero-order valence-corrected chi connectivity index (χ0v) is 12.1. The standard InChI is InChI=1S/C16H26N2O/c1-3-9-17-13(2)15-6-4-5-7-16(15)18-10-8-14(11-18)12-19/h4-7,13-14,17,19H,3,8-12H2,1-2H3. The number of aliphatic hydroxyl groups is 1. The SMILES string of the molecule is CCCNC(C)c1ccccc1N1CCC(CO)C1. The molecule has 1 aromatic rings. The summed E-state index contributed by atoms with van der Waals surface area (Å²) in [6.07, 6.45) is 2.25. The fraction of sp³-hybridized carbons (Fsp3) is 0.625. The highest BCUT2D eigenvalue weighted by Gasteiger charge is 2.24. The summed E-state index contributed by atoms with van der Waals surface area (Å²) in [5.41, 5.74) is 2.70. The van der Waals surface area contributed by atoms with Crippen molar-refractivity contribution in [3.05, 3.63) is 29.8 Å². The van der Waals surface area contributed by atoms with Crippen molar-refractivity contribution >= 4 is 5.69 Å². The van der Waals surface area contributed by atoms with Crippen LogP contribution in [0.25, 0.3) is 0 Å². The molecule has 0 aliphatic carbocycles. The maximum absolute atomic E-state index is 9.29. The molecule has 1 aliphatic rings. The lowest BCUT2D eigenvalue weighted by Crippen LogP contribution is -2.25. The van der Waals surface area contributed by atoms with Crippen LogP contribution in [0.3, 0.4) is 0 Å². The molecule has 19 heavy (non-hydrogen) atoms. The Morgan fingerprint density at radius 3 is 2.89 bits per heavy atom. The first-order chi connectivity index (χ1) is 9.26. The molecular formula is C16H26N2O. The molecule has 0 amide bonds. The van der Waals surface area contributed by atoms with E-state index in [4.69, 9.17) is 0 Å². The topological polar surface area (TPSA) is 35.5 Å². The van der Waals surface area contributed by atoms with Crippen molar-refractivity contribution in [2.75, 3.05) is 31.1 Å². The molecule has 3 nitrogen and oxygen atoms in total. The second kappa shape index (κ2) is 6.92. The van der Waals surface area contributed by atoms with Crippen molar-refractivity contribution in [1.82, 2.24) is 5.32 Å². The molecule has 1 aliphatic heterocycles. The zero-order chi connectivity index (χ0) is 13.7. The van der Waals surface area contributed by atoms with E-state index in [0.717, 1.165) is 32.5 Å². The Morgan fingerprint density at radius 2 is 2.21 bits per heavy atom. The van der Waals surface area contributed by atoms with Crippen molar-refractivity contribution in [1.29, 1.82) is 0 Å². The van der Waals surface area contributed by atoms with E-state index >= 15 is 0 Å². The van der Waals surface area contributed by atoms with Crippen LogP contribution in [0, 0.1) is 5.92 Å². The number of anilines is 1. The van der Waals surface area contributed by atoms with Gasteiger partial charge >= 0.3 is 0 Å². The zero-order valence-electron chi connectivity index (χ0n) is 12.1. The minimum Gasteiger partial charge on any atom is -0.396 e. The van der Waals surface area contributed by atoms with E-state index in [1.54, 1.807) is 0 Å². The number of rotatable bonds is 6. The molecule has 0 aromatic heterocycles. The van der Waals surface area contributed by atoms with Gasteiger partial charge in [0.25, 0.3) is 0 Å². The van der Waals surface area contributed by atoms with Crippen LogP contribution in [0.5, 0.6) is 0 Å². The van der Waals surface area contributed by atoms with Gasteiger partial charge in [-0.25, -0.2) is 0 Å². The van der Waals surface area contributed by atoms with Crippen LogP contribution in [0.1, 0.15) is 38.3 Å². The number of aliphatic hydroxyl groups excluding tert-OH is 1. The van der Waals surface area contributed by atoms with E-state index in [9.17, 15) is 5.11 Å². The van der Waals surface area contributed by atoms with E-state index in [0.29, 0.717) is 18.6 Å². The number of hydrogen-bond donors (Lipinski definition) is 2. The number of hydrogen-bond acceptors (Lipinski definition) is 3. The average molecular weight is 262 g/mol. The Bertz CT molecular complexity index is 394. The van der Waals surface area contributed by atoms with Gasteiger partial charge < -0.3 is 15.3 Å². The second-order valence-electron chi connectivity index (χ2n) is 5.52. The first kappa shape index (κ1) is 14.4. The number of para-hydroxylation sites is 1. The van der Waals surface area contributed by atoms with Crippen LogP contribution in [0.15, 0.2) is 24.3 Å². The Balaban J connectivity index is 2.12. The number of nitrogens with zero attached hydrogens (tertiary/aromatic N) is 1. The Morgan fingerprint density at radius 1 is 1.42 bits per heavy atom. The van der Waals surface area contributed by atoms with Gasteiger partial charge in [0, 0.05) is 37.3 Å². The number of nitrogens with one attached hydrogen (secondary N) is 1. The van der Waals surface area contributed by atoms with Gasteiger partial charge in [-0.3, -0.25) is 0 Å². The van der Waals surface area contributed by atoms with E-state index in [1.165, 1.54) is 11.3 Å². The summed E-state index contributed by atoms with van der Waals surface area (Å²) in [7, 11) is 0. The second-order valence-corrected chi connectivity index (χ2v) is 5.52. The van der Waals surface area contributed by atoms with Crippen LogP contribution in [0.2, 0.25) is 0 Å². The van der Waals surface area contributed by atoms with Crippen molar-refractivity contribution < 1.29 is 5.11 Å². The predicted molar refractivity (Wildman–Crippen MR) is 80.6 cm³/mol. The minimum atomic E-state index is 0.308. The molecule has 2 rings (SSSR count). The molecule has 2 unspecified atom stereocenters. The monoisotopic (exact) mass is 262 g/mol. The molecule has 0 spiro atoms. The van der Waals surface area contributed by atoms with E-state index in [2.05, 4.69) is 48.3 Å². The van der Waals surface area contributed by atoms with Crippen molar-refractivity contribution in [3.8, 4) is 0 Å². The lowest BCUT2D eigenvalue weighted by Gasteiger charge is -2.25. The predicted octanol–water partition coefficient (Wildman–Crippen LogP) is 2.57. The quantitative estimate of drug-likeness (QED) is 0.827. The van der Waals surface area contributed by atoms with Crippen molar-refractivity contribution in [2.45, 2.75) is 32.7 Å². The van der Waals surface area contributed by atoms with Crippen LogP contribution in [-0.4, -0.2) is 31.3 Å². The Kier molecular flexibility index (Phi) is 5.23. The molecule has 0 saturated carbocycles. The van der Waals surface area contributed by atoms with Gasteiger partial charge in [-0.15, -0.1) is 0 Å². The fourth-order valence-corrected chi connectivity index (χ4v) is 2.81. The molecule has 0 bridgehead atoms. The highest BCUT2D eigenvalue weighted by molar-refractivity contribution is 5.55. The first-order valence-corrected chi connectivity index (χ1v) is 7.44. The smallest absolute Gasteiger partial charge is 0.0476 e. The van der Waals surface area contributed by atoms with Gasteiger partial charge in [-0.1, -0.05) is 25.1 Å². The minimum absolute atomic E-state index is 0.308. The highest BCUT2D eigenvalue weighted by atomic mass is 16.3. The van der Waals surface area contributed by atoms with Crippen molar-refractivity contribution in [3.63, 3.8) is 0 Å². The van der Waals surface area contributed by atoms with Gasteiger partial charge in [0.15, 0.2) is 0 Å². The van der Waals surface area contributed by atoms with E-state index in [-0.39, 0.29) is 0 Å². The van der Waals surface area contributed by atoms with E-state index in [1.807, 2.05) is 0 Å². The molecule has 0 radical (unpaired) electrons.